The molecular weight excluding hydrogens is 268 g/mol. The fourth-order valence-electron chi connectivity index (χ4n) is 2.30. The number of carbonyl (C=O) groups is 1. The quantitative estimate of drug-likeness (QED) is 0.691. The van der Waals surface area contributed by atoms with Gasteiger partial charge in [-0.25, -0.2) is 17.9 Å². The van der Waals surface area contributed by atoms with Crippen LogP contribution in [0.15, 0.2) is 0 Å². The molecule has 2 N–H and O–H groups in total. The van der Waals surface area contributed by atoms with E-state index in [1.165, 1.54) is 6.42 Å². The molecule has 0 atom stereocenters. The second-order valence-corrected chi connectivity index (χ2v) is 6.76. The highest BCUT2D eigenvalue weighted by Gasteiger charge is 2.22. The Hall–Kier alpha value is -0.820. The van der Waals surface area contributed by atoms with Crippen LogP contribution in [0, 0.1) is 5.92 Å². The molecule has 112 valence electrons. The number of ether oxygens (including phenoxy) is 1. The minimum Gasteiger partial charge on any atom is -0.385 e. The average Bonchev–Trinajstić information content (AvgIpc) is 2.34. The first-order chi connectivity index (χ1) is 9.03. The van der Waals surface area contributed by atoms with Crippen LogP contribution >= 0.6 is 0 Å². The summed E-state index contributed by atoms with van der Waals surface area (Å²) in [6, 6.07) is -0.646. The Balaban J connectivity index is 2.26. The molecule has 7 heteroatoms. The lowest BCUT2D eigenvalue weighted by atomic mass is 9.91. The summed E-state index contributed by atoms with van der Waals surface area (Å²) in [5, 5.41) is 2.50. The summed E-state index contributed by atoms with van der Waals surface area (Å²) in [5.74, 6) is 0.242. The van der Waals surface area contributed by atoms with Crippen molar-refractivity contribution in [3.8, 4) is 0 Å². The first-order valence-electron chi connectivity index (χ1n) is 6.81. The van der Waals surface area contributed by atoms with E-state index in [0.29, 0.717) is 19.6 Å². The average molecular weight is 292 g/mol. The van der Waals surface area contributed by atoms with Crippen molar-refractivity contribution in [2.45, 2.75) is 38.5 Å². The van der Waals surface area contributed by atoms with Crippen molar-refractivity contribution >= 4 is 16.1 Å². The van der Waals surface area contributed by atoms with Gasteiger partial charge in [-0.3, -0.25) is 0 Å². The predicted molar refractivity (Wildman–Crippen MR) is 73.4 cm³/mol. The highest BCUT2D eigenvalue weighted by Crippen LogP contribution is 2.24. The maximum atomic E-state index is 11.8. The molecule has 0 aromatic carbocycles. The Morgan fingerprint density at radius 2 is 1.95 bits per heavy atom. The topological polar surface area (TPSA) is 84.5 Å². The molecule has 6 nitrogen and oxygen atoms in total. The minimum atomic E-state index is -3.52. The second-order valence-electron chi connectivity index (χ2n) is 4.99. The number of sulfonamides is 1. The second kappa shape index (κ2) is 8.37. The molecule has 1 aliphatic carbocycles. The van der Waals surface area contributed by atoms with Gasteiger partial charge in [0.05, 0.1) is 5.75 Å². The summed E-state index contributed by atoms with van der Waals surface area (Å²) < 4.78 is 30.5. The zero-order valence-corrected chi connectivity index (χ0v) is 12.3. The number of hydrogen-bond acceptors (Lipinski definition) is 4. The van der Waals surface area contributed by atoms with Crippen molar-refractivity contribution in [3.05, 3.63) is 0 Å². The lowest BCUT2D eigenvalue weighted by Crippen LogP contribution is -2.42. The maximum absolute atomic E-state index is 11.8. The molecule has 0 aromatic rings. The van der Waals surface area contributed by atoms with E-state index in [1.807, 2.05) is 0 Å². The Morgan fingerprint density at radius 1 is 1.26 bits per heavy atom. The molecule has 0 aliphatic heterocycles. The van der Waals surface area contributed by atoms with Crippen LogP contribution in [0.25, 0.3) is 0 Å². The molecule has 2 amide bonds. The van der Waals surface area contributed by atoms with Crippen molar-refractivity contribution in [3.63, 3.8) is 0 Å². The molecular formula is C12H24N2O4S. The number of amides is 2. The van der Waals surface area contributed by atoms with Crippen LogP contribution in [-0.2, 0) is 14.8 Å². The summed E-state index contributed by atoms with van der Waals surface area (Å²) in [7, 11) is -1.94. The van der Waals surface area contributed by atoms with Crippen molar-refractivity contribution < 1.29 is 17.9 Å². The first kappa shape index (κ1) is 16.2. The summed E-state index contributed by atoms with van der Waals surface area (Å²) in [6.07, 6.45) is 5.90. The maximum Gasteiger partial charge on any atom is 0.328 e. The monoisotopic (exact) mass is 292 g/mol. The fourth-order valence-corrected chi connectivity index (χ4v) is 3.69. The van der Waals surface area contributed by atoms with Gasteiger partial charge in [0.1, 0.15) is 0 Å². The summed E-state index contributed by atoms with van der Waals surface area (Å²) in [6.45, 7) is 0.938. The molecule has 0 aromatic heterocycles. The van der Waals surface area contributed by atoms with Gasteiger partial charge in [-0.05, 0) is 25.2 Å². The van der Waals surface area contributed by atoms with Crippen LogP contribution < -0.4 is 10.0 Å². The number of rotatable bonds is 7. The SMILES string of the molecule is COCCCNC(=O)NS(=O)(=O)CC1CCCCC1. The highest BCUT2D eigenvalue weighted by atomic mass is 32.2. The smallest absolute Gasteiger partial charge is 0.328 e. The standard InChI is InChI=1S/C12H24N2O4S/c1-18-9-5-8-13-12(15)14-19(16,17)10-11-6-3-2-4-7-11/h11H,2-10H2,1H3,(H2,13,14,15). The van der Waals surface area contributed by atoms with E-state index in [2.05, 4.69) is 10.0 Å². The van der Waals surface area contributed by atoms with Crippen LogP contribution in [0.3, 0.4) is 0 Å². The van der Waals surface area contributed by atoms with E-state index in [4.69, 9.17) is 4.74 Å². The van der Waals surface area contributed by atoms with Gasteiger partial charge in [-0.2, -0.15) is 0 Å². The highest BCUT2D eigenvalue weighted by molar-refractivity contribution is 7.90. The minimum absolute atomic E-state index is 0.0541. The van der Waals surface area contributed by atoms with Gasteiger partial charge in [-0.15, -0.1) is 0 Å². The molecule has 0 heterocycles. The predicted octanol–water partition coefficient (Wildman–Crippen LogP) is 1.23. The lowest BCUT2D eigenvalue weighted by Gasteiger charge is -2.21. The van der Waals surface area contributed by atoms with E-state index in [0.717, 1.165) is 25.7 Å². The van der Waals surface area contributed by atoms with Gasteiger partial charge < -0.3 is 10.1 Å². The largest absolute Gasteiger partial charge is 0.385 e. The molecule has 0 unspecified atom stereocenters. The number of carbonyl (C=O) groups excluding carboxylic acids is 1. The van der Waals surface area contributed by atoms with Crippen LogP contribution in [0.2, 0.25) is 0 Å². The zero-order valence-electron chi connectivity index (χ0n) is 11.5. The molecule has 1 saturated carbocycles. The molecule has 0 spiro atoms. The zero-order chi connectivity index (χ0) is 14.1. The Labute approximate surface area is 115 Å². The summed E-state index contributed by atoms with van der Waals surface area (Å²) in [4.78, 5) is 11.4. The Morgan fingerprint density at radius 3 is 2.58 bits per heavy atom. The van der Waals surface area contributed by atoms with Crippen molar-refractivity contribution in [1.29, 1.82) is 0 Å². The molecule has 1 fully saturated rings. The van der Waals surface area contributed by atoms with Crippen LogP contribution in [0.4, 0.5) is 4.79 Å². The normalized spacial score (nSPS) is 17.1. The third-order valence-electron chi connectivity index (χ3n) is 3.24. The van der Waals surface area contributed by atoms with Crippen LogP contribution in [-0.4, -0.2) is 40.5 Å². The number of nitrogens with one attached hydrogen (secondary N) is 2. The van der Waals surface area contributed by atoms with Gasteiger partial charge in [0.25, 0.3) is 0 Å². The van der Waals surface area contributed by atoms with Crippen molar-refractivity contribution in [2.75, 3.05) is 26.0 Å². The van der Waals surface area contributed by atoms with Gasteiger partial charge in [0, 0.05) is 20.3 Å². The lowest BCUT2D eigenvalue weighted by molar-refractivity contribution is 0.194. The number of hydrogen-bond donors (Lipinski definition) is 2. The van der Waals surface area contributed by atoms with Crippen LogP contribution in [0.5, 0.6) is 0 Å². The molecule has 0 saturated heterocycles. The molecule has 0 bridgehead atoms. The Bertz CT molecular complexity index is 364. The summed E-state index contributed by atoms with van der Waals surface area (Å²) >= 11 is 0. The Kier molecular flexibility index (Phi) is 7.15. The molecule has 19 heavy (non-hydrogen) atoms. The van der Waals surface area contributed by atoms with E-state index in [9.17, 15) is 13.2 Å². The third-order valence-corrected chi connectivity index (χ3v) is 4.65. The first-order valence-corrected chi connectivity index (χ1v) is 8.46. The van der Waals surface area contributed by atoms with Gasteiger partial charge in [-0.1, -0.05) is 19.3 Å². The van der Waals surface area contributed by atoms with Crippen LogP contribution in [0.1, 0.15) is 38.5 Å². The van der Waals surface area contributed by atoms with Crippen molar-refractivity contribution in [2.24, 2.45) is 5.92 Å². The molecule has 0 radical (unpaired) electrons. The molecule has 1 rings (SSSR count). The fraction of sp³-hybridized carbons (Fsp3) is 0.917. The van der Waals surface area contributed by atoms with E-state index in [-0.39, 0.29) is 11.7 Å². The van der Waals surface area contributed by atoms with Gasteiger partial charge in [0.2, 0.25) is 10.0 Å². The van der Waals surface area contributed by atoms with E-state index < -0.39 is 16.1 Å². The van der Waals surface area contributed by atoms with E-state index >= 15 is 0 Å². The van der Waals surface area contributed by atoms with Crippen molar-refractivity contribution in [1.82, 2.24) is 10.0 Å². The summed E-state index contributed by atoms with van der Waals surface area (Å²) in [5.41, 5.74) is 0. The third kappa shape index (κ3) is 7.37. The van der Waals surface area contributed by atoms with Gasteiger partial charge >= 0.3 is 6.03 Å². The van der Waals surface area contributed by atoms with E-state index in [1.54, 1.807) is 7.11 Å². The molecule has 1 aliphatic rings. The van der Waals surface area contributed by atoms with Gasteiger partial charge in [0.15, 0.2) is 0 Å². The number of methoxy groups -OCH3 is 1. The number of urea groups is 1.